The first-order valence-corrected chi connectivity index (χ1v) is 6.95. The topological polar surface area (TPSA) is 101 Å². The van der Waals surface area contributed by atoms with Crippen LogP contribution >= 0.6 is 0 Å². The van der Waals surface area contributed by atoms with Crippen LogP contribution in [0.1, 0.15) is 30.2 Å². The molecule has 0 saturated carbocycles. The van der Waals surface area contributed by atoms with Gasteiger partial charge < -0.3 is 29.4 Å². The molecule has 2 aliphatic heterocycles. The summed E-state index contributed by atoms with van der Waals surface area (Å²) in [7, 11) is 0. The summed E-state index contributed by atoms with van der Waals surface area (Å²) in [5.74, 6) is -0.951. The van der Waals surface area contributed by atoms with Gasteiger partial charge in [0.1, 0.15) is 5.60 Å². The molecule has 0 bridgehead atoms. The van der Waals surface area contributed by atoms with E-state index in [2.05, 4.69) is 0 Å². The Morgan fingerprint density at radius 2 is 2.00 bits per heavy atom. The van der Waals surface area contributed by atoms with Crippen molar-refractivity contribution < 1.29 is 68.9 Å². The second kappa shape index (κ2) is 6.60. The molecule has 3 heterocycles. The molecule has 1 fully saturated rings. The van der Waals surface area contributed by atoms with Crippen molar-refractivity contribution in [3.63, 3.8) is 0 Å². The summed E-state index contributed by atoms with van der Waals surface area (Å²) in [5, 5.41) is 29.1. The fourth-order valence-electron chi connectivity index (χ4n) is 3.08. The molecular formula is C14H19AcNO6. The van der Waals surface area contributed by atoms with E-state index in [9.17, 15) is 20.1 Å². The molecule has 1 unspecified atom stereocenters. The Balaban J connectivity index is 0.00000176. The van der Waals surface area contributed by atoms with Crippen LogP contribution in [0.15, 0.2) is 10.9 Å². The number of pyridine rings is 1. The van der Waals surface area contributed by atoms with Gasteiger partial charge in [-0.25, -0.2) is 0 Å². The maximum absolute atomic E-state index is 12.5. The molecule has 22 heavy (non-hydrogen) atoms. The van der Waals surface area contributed by atoms with Crippen LogP contribution in [-0.4, -0.2) is 39.7 Å². The first-order valence-electron chi connectivity index (χ1n) is 6.95. The fraction of sp³-hybridized carbons (Fsp3) is 0.643. The Morgan fingerprint density at radius 3 is 2.55 bits per heavy atom. The van der Waals surface area contributed by atoms with Gasteiger partial charge in [0, 0.05) is 62.6 Å². The van der Waals surface area contributed by atoms with Crippen molar-refractivity contribution >= 4 is 0 Å². The number of rotatable bonds is 3. The van der Waals surface area contributed by atoms with E-state index in [4.69, 9.17) is 9.47 Å². The first-order chi connectivity index (χ1) is 9.95. The predicted molar refractivity (Wildman–Crippen MR) is 71.5 cm³/mol. The molecular weight excluding hydrogens is 505 g/mol. The molecule has 2 aliphatic rings. The van der Waals surface area contributed by atoms with Gasteiger partial charge in [-0.05, 0) is 18.6 Å². The molecule has 119 valence electrons. The minimum Gasteiger partial charge on any atom is -0.393 e. The number of nitrogens with zero attached hydrogens (tertiary/aromatic N) is 1. The van der Waals surface area contributed by atoms with Gasteiger partial charge in [-0.15, -0.1) is 0 Å². The zero-order valence-corrected chi connectivity index (χ0v) is 17.2. The van der Waals surface area contributed by atoms with Gasteiger partial charge in [0.05, 0.1) is 32.1 Å². The van der Waals surface area contributed by atoms with E-state index in [-0.39, 0.29) is 60.7 Å². The molecule has 1 aromatic heterocycles. The van der Waals surface area contributed by atoms with Crippen LogP contribution in [0.25, 0.3) is 0 Å². The minimum absolute atomic E-state index is 0. The van der Waals surface area contributed by atoms with Crippen molar-refractivity contribution in [3.05, 3.63) is 33.2 Å². The van der Waals surface area contributed by atoms with Crippen molar-refractivity contribution in [2.45, 2.75) is 37.9 Å². The fourth-order valence-corrected chi connectivity index (χ4v) is 3.08. The molecule has 0 aliphatic carbocycles. The van der Waals surface area contributed by atoms with Crippen LogP contribution in [0.2, 0.25) is 0 Å². The van der Waals surface area contributed by atoms with Crippen molar-refractivity contribution in [2.24, 2.45) is 0 Å². The number of fused-ring (bicyclic) bond motifs is 2. The maximum Gasteiger partial charge on any atom is 0.256 e. The van der Waals surface area contributed by atoms with E-state index < -0.39 is 24.6 Å². The summed E-state index contributed by atoms with van der Waals surface area (Å²) in [6, 6.07) is 1.60. The van der Waals surface area contributed by atoms with Crippen molar-refractivity contribution in [3.8, 4) is 0 Å². The molecule has 0 amide bonds. The summed E-state index contributed by atoms with van der Waals surface area (Å²) in [6.45, 7) is 1.67. The third-order valence-corrected chi connectivity index (χ3v) is 4.26. The molecule has 3 N–H and O–H groups in total. The molecule has 1 radical (unpaired) electrons. The zero-order chi connectivity index (χ0) is 15.3. The van der Waals surface area contributed by atoms with Gasteiger partial charge in [0.25, 0.3) is 5.56 Å². The molecule has 8 heteroatoms. The predicted octanol–water partition coefficient (Wildman–Crippen LogP) is -0.856. The van der Waals surface area contributed by atoms with E-state index >= 15 is 0 Å². The van der Waals surface area contributed by atoms with Crippen LogP contribution < -0.4 is 5.56 Å². The monoisotopic (exact) mass is 524 g/mol. The Hall–Kier alpha value is 0.192. The molecule has 7 nitrogen and oxygen atoms in total. The SMILES string of the molecule is CC(O)(CO)c1cc2n(c(=O)c1CO)CCC21OCCO1.[Ac]. The summed E-state index contributed by atoms with van der Waals surface area (Å²) < 4.78 is 12.8. The number of hydrogen-bond donors (Lipinski definition) is 3. The van der Waals surface area contributed by atoms with Crippen molar-refractivity contribution in [1.29, 1.82) is 0 Å². The van der Waals surface area contributed by atoms with Crippen LogP contribution in [0, 0.1) is 44.1 Å². The van der Waals surface area contributed by atoms with E-state index in [1.54, 1.807) is 6.07 Å². The van der Waals surface area contributed by atoms with Gasteiger partial charge >= 0.3 is 0 Å². The second-order valence-corrected chi connectivity index (χ2v) is 5.67. The molecule has 3 rings (SSSR count). The average molecular weight is 524 g/mol. The first kappa shape index (κ1) is 18.5. The molecule has 1 spiro atoms. The third-order valence-electron chi connectivity index (χ3n) is 4.26. The normalized spacial score (nSPS) is 21.5. The zero-order valence-electron chi connectivity index (χ0n) is 12.4. The second-order valence-electron chi connectivity index (χ2n) is 5.67. The molecule has 0 aromatic carbocycles. The largest absolute Gasteiger partial charge is 0.393 e. The molecule has 1 saturated heterocycles. The van der Waals surface area contributed by atoms with Gasteiger partial charge in [0.2, 0.25) is 5.79 Å². The number of aliphatic hydroxyl groups is 3. The van der Waals surface area contributed by atoms with Crippen LogP contribution in [0.5, 0.6) is 0 Å². The van der Waals surface area contributed by atoms with Crippen molar-refractivity contribution in [2.75, 3.05) is 19.8 Å². The van der Waals surface area contributed by atoms with Gasteiger partial charge in [-0.2, -0.15) is 0 Å². The van der Waals surface area contributed by atoms with Gasteiger partial charge in [0.15, 0.2) is 0 Å². The summed E-state index contributed by atoms with van der Waals surface area (Å²) in [4.78, 5) is 12.5. The third kappa shape index (κ3) is 2.73. The van der Waals surface area contributed by atoms with E-state index in [0.717, 1.165) is 0 Å². The van der Waals surface area contributed by atoms with Gasteiger partial charge in [-0.1, -0.05) is 0 Å². The Bertz CT molecular complexity index is 620. The standard InChI is InChI=1S/C14H19NO6.Ac/c1-13(19,8-17)10-6-11-14(20-4-5-21-14)2-3-15(11)12(18)9(10)7-16;/h6,16-17,19H,2-5,7-8H2,1H3;. The van der Waals surface area contributed by atoms with Crippen LogP contribution in [-0.2, 0) is 34.0 Å². The molecule has 1 atom stereocenters. The Kier molecular flexibility index (Phi) is 5.56. The minimum atomic E-state index is -1.62. The Labute approximate surface area is 163 Å². The van der Waals surface area contributed by atoms with Gasteiger partial charge in [-0.3, -0.25) is 4.79 Å². The summed E-state index contributed by atoms with van der Waals surface area (Å²) in [5.41, 5.74) is -1.16. The Morgan fingerprint density at radius 1 is 1.36 bits per heavy atom. The van der Waals surface area contributed by atoms with E-state index in [1.165, 1.54) is 11.5 Å². The summed E-state index contributed by atoms with van der Waals surface area (Å²) in [6.07, 6.45) is 0.512. The number of hydrogen-bond acceptors (Lipinski definition) is 6. The summed E-state index contributed by atoms with van der Waals surface area (Å²) >= 11 is 0. The van der Waals surface area contributed by atoms with Crippen LogP contribution in [0.3, 0.4) is 0 Å². The van der Waals surface area contributed by atoms with Crippen LogP contribution in [0.4, 0.5) is 0 Å². The van der Waals surface area contributed by atoms with E-state index in [0.29, 0.717) is 31.9 Å². The molecule has 1 aromatic rings. The number of aliphatic hydroxyl groups excluding tert-OH is 2. The smallest absolute Gasteiger partial charge is 0.256 e. The quantitative estimate of drug-likeness (QED) is 0.477. The number of ether oxygens (including phenoxy) is 2. The number of aromatic nitrogens is 1. The maximum atomic E-state index is 12.5. The van der Waals surface area contributed by atoms with Crippen molar-refractivity contribution in [1.82, 2.24) is 4.57 Å². The van der Waals surface area contributed by atoms with E-state index in [1.807, 2.05) is 0 Å². The average Bonchev–Trinajstić information content (AvgIpc) is 3.08.